The number of nitrogens with zero attached hydrogens (tertiary/aromatic N) is 2. The fourth-order valence-electron chi connectivity index (χ4n) is 4.87. The Balaban J connectivity index is 1.54. The third-order valence-electron chi connectivity index (χ3n) is 6.88. The van der Waals surface area contributed by atoms with Gasteiger partial charge in [-0.15, -0.1) is 0 Å². The number of piperidine rings is 1. The highest BCUT2D eigenvalue weighted by Crippen LogP contribution is 2.38. The molecule has 0 aromatic heterocycles. The predicted molar refractivity (Wildman–Crippen MR) is 124 cm³/mol. The molecule has 6 heteroatoms. The number of benzene rings is 2. The molecule has 0 radical (unpaired) electrons. The predicted octanol–water partition coefficient (Wildman–Crippen LogP) is 4.18. The van der Waals surface area contributed by atoms with E-state index in [4.69, 9.17) is 0 Å². The third kappa shape index (κ3) is 4.27. The summed E-state index contributed by atoms with van der Waals surface area (Å²) in [4.78, 5) is 41.9. The Morgan fingerprint density at radius 2 is 1.69 bits per heavy atom. The molecular weight excluding hydrogens is 402 g/mol. The number of fused-ring (bicyclic) bond motifs is 1. The highest BCUT2D eigenvalue weighted by molar-refractivity contribution is 5.99. The number of nitrogens with one attached hydrogen (secondary N) is 1. The normalized spacial score (nSPS) is 17.4. The van der Waals surface area contributed by atoms with E-state index in [1.807, 2.05) is 53.4 Å². The van der Waals surface area contributed by atoms with Crippen molar-refractivity contribution < 1.29 is 14.4 Å². The van der Waals surface area contributed by atoms with E-state index in [0.717, 1.165) is 11.3 Å². The van der Waals surface area contributed by atoms with Crippen LogP contribution < -0.4 is 5.32 Å². The maximum absolute atomic E-state index is 13.3. The second kappa shape index (κ2) is 8.77. The fourth-order valence-corrected chi connectivity index (χ4v) is 4.87. The highest BCUT2D eigenvalue weighted by Gasteiger charge is 2.47. The van der Waals surface area contributed by atoms with Gasteiger partial charge in [0.25, 0.3) is 5.91 Å². The van der Waals surface area contributed by atoms with Gasteiger partial charge in [0.1, 0.15) is 0 Å². The van der Waals surface area contributed by atoms with Crippen molar-refractivity contribution >= 4 is 23.4 Å². The van der Waals surface area contributed by atoms with Crippen molar-refractivity contribution in [2.24, 2.45) is 0 Å². The van der Waals surface area contributed by atoms with Crippen LogP contribution >= 0.6 is 0 Å². The maximum atomic E-state index is 13.3. The molecule has 2 heterocycles. The van der Waals surface area contributed by atoms with Crippen LogP contribution in [0, 0.1) is 0 Å². The van der Waals surface area contributed by atoms with Crippen LogP contribution in [0.25, 0.3) is 0 Å². The lowest BCUT2D eigenvalue weighted by atomic mass is 9.82. The lowest BCUT2D eigenvalue weighted by Gasteiger charge is -2.47. The van der Waals surface area contributed by atoms with E-state index < -0.39 is 5.54 Å². The van der Waals surface area contributed by atoms with E-state index in [2.05, 4.69) is 19.2 Å². The molecule has 0 spiro atoms. The molecule has 1 N–H and O–H groups in total. The molecule has 32 heavy (non-hydrogen) atoms. The number of carbonyl (C=O) groups excluding carboxylic acids is 3. The average molecular weight is 434 g/mol. The van der Waals surface area contributed by atoms with Crippen LogP contribution in [0.4, 0.5) is 5.69 Å². The van der Waals surface area contributed by atoms with Gasteiger partial charge in [-0.05, 0) is 48.1 Å². The number of hydrogen-bond donors (Lipinski definition) is 1. The summed E-state index contributed by atoms with van der Waals surface area (Å²) in [5.41, 5.74) is 3.08. The Labute approximate surface area is 189 Å². The summed E-state index contributed by atoms with van der Waals surface area (Å²) >= 11 is 0. The maximum Gasteiger partial charge on any atom is 0.254 e. The minimum atomic E-state index is -0.607. The molecule has 2 aliphatic rings. The zero-order valence-corrected chi connectivity index (χ0v) is 19.1. The molecule has 0 aliphatic carbocycles. The quantitative estimate of drug-likeness (QED) is 0.769. The molecule has 2 aromatic rings. The second-order valence-electron chi connectivity index (χ2n) is 9.28. The standard InChI is InChI=1S/C26H31N3O3/c1-18(2)20-8-10-22(11-9-20)27-24(31)16-26(12-14-28(15-13-26)19(3)30)29-17-21-6-4-5-7-23(21)25(29)32/h4-11,18H,12-17H2,1-3H3,(H,27,31). The number of amides is 3. The first-order valence-corrected chi connectivity index (χ1v) is 11.3. The van der Waals surface area contributed by atoms with Gasteiger partial charge in [-0.1, -0.05) is 44.2 Å². The van der Waals surface area contributed by atoms with Gasteiger partial charge in [-0.2, -0.15) is 0 Å². The summed E-state index contributed by atoms with van der Waals surface area (Å²) in [6.45, 7) is 7.44. The Hall–Kier alpha value is -3.15. The van der Waals surface area contributed by atoms with E-state index in [1.54, 1.807) is 11.8 Å². The van der Waals surface area contributed by atoms with E-state index >= 15 is 0 Å². The van der Waals surface area contributed by atoms with E-state index in [9.17, 15) is 14.4 Å². The number of rotatable bonds is 5. The molecule has 3 amide bonds. The Morgan fingerprint density at radius 1 is 1.03 bits per heavy atom. The van der Waals surface area contributed by atoms with Crippen molar-refractivity contribution in [3.63, 3.8) is 0 Å². The number of carbonyl (C=O) groups is 3. The van der Waals surface area contributed by atoms with Crippen molar-refractivity contribution in [2.45, 2.75) is 58.0 Å². The molecule has 0 atom stereocenters. The summed E-state index contributed by atoms with van der Waals surface area (Å²) in [5.74, 6) is 0.329. The molecule has 2 aliphatic heterocycles. The van der Waals surface area contributed by atoms with Gasteiger partial charge in [0.05, 0.1) is 12.0 Å². The highest BCUT2D eigenvalue weighted by atomic mass is 16.2. The average Bonchev–Trinajstić information content (AvgIpc) is 3.12. The third-order valence-corrected chi connectivity index (χ3v) is 6.88. The minimum Gasteiger partial charge on any atom is -0.343 e. The van der Waals surface area contributed by atoms with Crippen molar-refractivity contribution in [3.05, 3.63) is 65.2 Å². The second-order valence-corrected chi connectivity index (χ2v) is 9.28. The van der Waals surface area contributed by atoms with E-state index in [1.165, 1.54) is 5.56 Å². The van der Waals surface area contributed by atoms with Gasteiger partial charge in [0.15, 0.2) is 0 Å². The molecule has 1 saturated heterocycles. The zero-order valence-electron chi connectivity index (χ0n) is 19.1. The van der Waals surface area contributed by atoms with Crippen LogP contribution in [0.2, 0.25) is 0 Å². The van der Waals surface area contributed by atoms with Crippen LogP contribution in [0.3, 0.4) is 0 Å². The molecule has 168 valence electrons. The van der Waals surface area contributed by atoms with Gasteiger partial charge in [-0.25, -0.2) is 0 Å². The smallest absolute Gasteiger partial charge is 0.254 e. The molecule has 4 rings (SSSR count). The largest absolute Gasteiger partial charge is 0.343 e. The zero-order chi connectivity index (χ0) is 22.9. The summed E-state index contributed by atoms with van der Waals surface area (Å²) in [5, 5.41) is 3.02. The van der Waals surface area contributed by atoms with Gasteiger partial charge >= 0.3 is 0 Å². The summed E-state index contributed by atoms with van der Waals surface area (Å²) in [6.07, 6.45) is 1.39. The molecule has 1 fully saturated rings. The number of hydrogen-bond acceptors (Lipinski definition) is 3. The first-order chi connectivity index (χ1) is 15.3. The van der Waals surface area contributed by atoms with Crippen molar-refractivity contribution in [1.82, 2.24) is 9.80 Å². The van der Waals surface area contributed by atoms with Crippen molar-refractivity contribution in [2.75, 3.05) is 18.4 Å². The summed E-state index contributed by atoms with van der Waals surface area (Å²) < 4.78 is 0. The van der Waals surface area contributed by atoms with Crippen LogP contribution in [0.15, 0.2) is 48.5 Å². The topological polar surface area (TPSA) is 69.7 Å². The van der Waals surface area contributed by atoms with Crippen LogP contribution in [0.5, 0.6) is 0 Å². The lowest BCUT2D eigenvalue weighted by molar-refractivity contribution is -0.131. The first kappa shape index (κ1) is 22.1. The first-order valence-electron chi connectivity index (χ1n) is 11.3. The van der Waals surface area contributed by atoms with E-state index in [0.29, 0.717) is 44.0 Å². The SMILES string of the molecule is CC(=O)N1CCC(CC(=O)Nc2ccc(C(C)C)cc2)(N2Cc3ccccc3C2=O)CC1. The van der Waals surface area contributed by atoms with Crippen LogP contribution in [0.1, 0.15) is 67.4 Å². The minimum absolute atomic E-state index is 0.0223. The Bertz CT molecular complexity index is 1020. The Kier molecular flexibility index (Phi) is 6.04. The molecule has 6 nitrogen and oxygen atoms in total. The van der Waals surface area contributed by atoms with Crippen molar-refractivity contribution in [3.8, 4) is 0 Å². The van der Waals surface area contributed by atoms with E-state index in [-0.39, 0.29) is 24.1 Å². The van der Waals surface area contributed by atoms with Crippen LogP contribution in [-0.2, 0) is 16.1 Å². The monoisotopic (exact) mass is 433 g/mol. The molecule has 0 saturated carbocycles. The van der Waals surface area contributed by atoms with Gasteiger partial charge in [0, 0.05) is 37.8 Å². The summed E-state index contributed by atoms with van der Waals surface area (Å²) in [6, 6.07) is 15.6. The van der Waals surface area contributed by atoms with Crippen molar-refractivity contribution in [1.29, 1.82) is 0 Å². The fraction of sp³-hybridized carbons (Fsp3) is 0.423. The Morgan fingerprint density at radius 3 is 2.28 bits per heavy atom. The van der Waals surface area contributed by atoms with Gasteiger partial charge in [0.2, 0.25) is 11.8 Å². The molecule has 2 aromatic carbocycles. The molecule has 0 bridgehead atoms. The van der Waals surface area contributed by atoms with Gasteiger partial charge < -0.3 is 15.1 Å². The van der Waals surface area contributed by atoms with Crippen LogP contribution in [-0.4, -0.2) is 46.1 Å². The van der Waals surface area contributed by atoms with Gasteiger partial charge in [-0.3, -0.25) is 14.4 Å². The number of likely N-dealkylation sites (tertiary alicyclic amines) is 1. The summed E-state index contributed by atoms with van der Waals surface area (Å²) in [7, 11) is 0. The number of anilines is 1. The lowest BCUT2D eigenvalue weighted by Crippen LogP contribution is -2.57. The molecular formula is C26H31N3O3. The molecule has 0 unspecified atom stereocenters.